The Morgan fingerprint density at radius 1 is 1.28 bits per heavy atom. The van der Waals surface area contributed by atoms with Crippen LogP contribution in [0.4, 0.5) is 0 Å². The lowest BCUT2D eigenvalue weighted by Crippen LogP contribution is -2.42. The molecule has 0 spiro atoms. The van der Waals surface area contributed by atoms with E-state index in [1.165, 1.54) is 38.8 Å². The Hall–Kier alpha value is -0.380. The summed E-state index contributed by atoms with van der Waals surface area (Å²) in [4.78, 5) is 8.06. The Kier molecular flexibility index (Phi) is 11.0. The van der Waals surface area contributed by atoms with Crippen LogP contribution in [-0.2, 0) is 5.60 Å². The van der Waals surface area contributed by atoms with Gasteiger partial charge in [0.25, 0.3) is 0 Å². The van der Waals surface area contributed by atoms with Gasteiger partial charge in [-0.1, -0.05) is 18.9 Å². The molecule has 2 rings (SSSR count). The van der Waals surface area contributed by atoms with E-state index in [0.717, 1.165) is 30.5 Å². The summed E-state index contributed by atoms with van der Waals surface area (Å²) in [5.74, 6) is 0.782. The Morgan fingerprint density at radius 2 is 2.00 bits per heavy atom. The van der Waals surface area contributed by atoms with Gasteiger partial charge < -0.3 is 20.6 Å². The zero-order valence-electron chi connectivity index (χ0n) is 15.5. The minimum absolute atomic E-state index is 0. The number of rotatable bonds is 7. The fraction of sp³-hybridized carbons (Fsp3) is 0.722. The van der Waals surface area contributed by atoms with Gasteiger partial charge in [-0.3, -0.25) is 0 Å². The molecule has 0 saturated carbocycles. The molecule has 1 aromatic heterocycles. The third kappa shape index (κ3) is 8.23. The number of guanidine groups is 1. The highest BCUT2D eigenvalue weighted by Crippen LogP contribution is 2.25. The number of nitrogens with zero attached hydrogens (tertiary/aromatic N) is 2. The van der Waals surface area contributed by atoms with Crippen LogP contribution in [0.1, 0.15) is 44.4 Å². The van der Waals surface area contributed by atoms with Crippen LogP contribution in [0, 0.1) is 0 Å². The molecule has 0 radical (unpaired) electrons. The van der Waals surface area contributed by atoms with Crippen molar-refractivity contribution in [1.29, 1.82) is 0 Å². The van der Waals surface area contributed by atoms with Crippen molar-refractivity contribution in [3.63, 3.8) is 0 Å². The monoisotopic (exact) mass is 480 g/mol. The lowest BCUT2D eigenvalue weighted by Gasteiger charge is -2.22. The van der Waals surface area contributed by atoms with Crippen molar-refractivity contribution in [2.24, 2.45) is 4.99 Å². The smallest absolute Gasteiger partial charge is 0.191 e. The van der Waals surface area contributed by atoms with Gasteiger partial charge in [-0.2, -0.15) is 0 Å². The summed E-state index contributed by atoms with van der Waals surface area (Å²) >= 11 is 1.57. The van der Waals surface area contributed by atoms with Crippen molar-refractivity contribution < 1.29 is 5.11 Å². The van der Waals surface area contributed by atoms with Crippen LogP contribution in [0.15, 0.2) is 22.5 Å². The molecule has 1 atom stereocenters. The molecule has 1 fully saturated rings. The Bertz CT molecular complexity index is 485. The van der Waals surface area contributed by atoms with E-state index >= 15 is 0 Å². The van der Waals surface area contributed by atoms with E-state index in [1.54, 1.807) is 11.3 Å². The first-order chi connectivity index (χ1) is 11.6. The van der Waals surface area contributed by atoms with Crippen LogP contribution in [0.3, 0.4) is 0 Å². The van der Waals surface area contributed by atoms with Crippen LogP contribution in [0.5, 0.6) is 0 Å². The minimum atomic E-state index is -0.915. The molecule has 0 amide bonds. The molecule has 0 bridgehead atoms. The van der Waals surface area contributed by atoms with E-state index in [2.05, 4.69) is 27.4 Å². The molecular weight excluding hydrogens is 447 g/mol. The molecule has 3 N–H and O–H groups in total. The van der Waals surface area contributed by atoms with Crippen molar-refractivity contribution in [3.8, 4) is 0 Å². The van der Waals surface area contributed by atoms with Crippen molar-refractivity contribution in [3.05, 3.63) is 22.4 Å². The van der Waals surface area contributed by atoms with E-state index in [0.29, 0.717) is 6.54 Å². The molecular formula is C18H33IN4OS. The van der Waals surface area contributed by atoms with Gasteiger partial charge in [0.15, 0.2) is 5.96 Å². The first kappa shape index (κ1) is 22.7. The zero-order valence-corrected chi connectivity index (χ0v) is 18.6. The molecule has 1 aromatic rings. The van der Waals surface area contributed by atoms with Gasteiger partial charge in [0.05, 0.1) is 6.54 Å². The predicted molar refractivity (Wildman–Crippen MR) is 118 cm³/mol. The number of nitrogens with one attached hydrogen (secondary N) is 2. The molecule has 144 valence electrons. The molecule has 0 aromatic carbocycles. The average Bonchev–Trinajstić information content (AvgIpc) is 2.99. The maximum atomic E-state index is 10.6. The van der Waals surface area contributed by atoms with Gasteiger partial charge in [0.2, 0.25) is 0 Å². The lowest BCUT2D eigenvalue weighted by molar-refractivity contribution is 0.0711. The topological polar surface area (TPSA) is 59.9 Å². The predicted octanol–water partition coefficient (Wildman–Crippen LogP) is 3.00. The molecule has 2 heterocycles. The second kappa shape index (κ2) is 12.1. The van der Waals surface area contributed by atoms with E-state index in [1.807, 2.05) is 24.4 Å². The van der Waals surface area contributed by atoms with Crippen LogP contribution in [0.2, 0.25) is 0 Å². The number of thiophene rings is 1. The summed E-state index contributed by atoms with van der Waals surface area (Å²) in [5.41, 5.74) is -0.915. The molecule has 7 heteroatoms. The van der Waals surface area contributed by atoms with Crippen LogP contribution in [-0.4, -0.2) is 55.2 Å². The van der Waals surface area contributed by atoms with E-state index in [9.17, 15) is 5.11 Å². The number of likely N-dealkylation sites (tertiary alicyclic amines) is 1. The van der Waals surface area contributed by atoms with Gasteiger partial charge in [-0.25, -0.2) is 4.99 Å². The van der Waals surface area contributed by atoms with Crippen LogP contribution < -0.4 is 10.6 Å². The fourth-order valence-electron chi connectivity index (χ4n) is 2.93. The molecule has 1 aliphatic rings. The first-order valence-corrected chi connectivity index (χ1v) is 10.0. The summed E-state index contributed by atoms with van der Waals surface area (Å²) in [7, 11) is 0. The van der Waals surface area contributed by atoms with Crippen LogP contribution in [0.25, 0.3) is 0 Å². The van der Waals surface area contributed by atoms with Gasteiger partial charge in [-0.05, 0) is 51.2 Å². The second-order valence-corrected chi connectivity index (χ2v) is 7.58. The fourth-order valence-corrected chi connectivity index (χ4v) is 3.71. The minimum Gasteiger partial charge on any atom is -0.383 e. The van der Waals surface area contributed by atoms with E-state index < -0.39 is 5.60 Å². The number of halogens is 1. The average molecular weight is 480 g/mol. The molecule has 1 saturated heterocycles. The normalized spacial score (nSPS) is 18.8. The quantitative estimate of drug-likeness (QED) is 0.319. The Morgan fingerprint density at radius 3 is 2.60 bits per heavy atom. The summed E-state index contributed by atoms with van der Waals surface area (Å²) in [6.45, 7) is 9.40. The van der Waals surface area contributed by atoms with E-state index in [4.69, 9.17) is 0 Å². The van der Waals surface area contributed by atoms with Crippen molar-refractivity contribution in [1.82, 2.24) is 15.5 Å². The molecule has 1 unspecified atom stereocenters. The standard InChI is InChI=1S/C18H32N4OS.HI/c1-3-19-17(20-10-13-22-11-6-4-5-7-12-22)21-15-18(2,23)16-9-8-14-24-16;/h8-9,14,23H,3-7,10-13,15H2,1-2H3,(H2,19,20,21);1H. The molecule has 1 aliphatic heterocycles. The highest BCUT2D eigenvalue weighted by Gasteiger charge is 2.24. The highest BCUT2D eigenvalue weighted by atomic mass is 127. The summed E-state index contributed by atoms with van der Waals surface area (Å²) < 4.78 is 0. The van der Waals surface area contributed by atoms with Crippen LogP contribution >= 0.6 is 35.3 Å². The van der Waals surface area contributed by atoms with Crippen molar-refractivity contribution in [2.45, 2.75) is 45.1 Å². The van der Waals surface area contributed by atoms with E-state index in [-0.39, 0.29) is 24.0 Å². The third-order valence-corrected chi connectivity index (χ3v) is 5.48. The second-order valence-electron chi connectivity index (χ2n) is 6.63. The Balaban J connectivity index is 0.00000312. The zero-order chi connectivity index (χ0) is 17.3. The van der Waals surface area contributed by atoms with Gasteiger partial charge in [0.1, 0.15) is 5.60 Å². The summed E-state index contributed by atoms with van der Waals surface area (Å²) in [6.07, 6.45) is 5.37. The van der Waals surface area contributed by atoms with Gasteiger partial charge in [0, 0.05) is 24.5 Å². The largest absolute Gasteiger partial charge is 0.383 e. The Labute approximate surface area is 173 Å². The number of hydrogen-bond acceptors (Lipinski definition) is 4. The van der Waals surface area contributed by atoms with Crippen molar-refractivity contribution in [2.75, 3.05) is 39.3 Å². The maximum Gasteiger partial charge on any atom is 0.191 e. The molecule has 5 nitrogen and oxygen atoms in total. The third-order valence-electron chi connectivity index (χ3n) is 4.36. The first-order valence-electron chi connectivity index (χ1n) is 9.13. The number of aliphatic hydroxyl groups is 1. The number of aliphatic imine (C=N–C) groups is 1. The SMILES string of the molecule is CCNC(=NCC(C)(O)c1cccs1)NCCN1CCCCCC1.I. The van der Waals surface area contributed by atoms with Crippen molar-refractivity contribution >= 4 is 41.3 Å². The summed E-state index contributed by atoms with van der Waals surface area (Å²) in [5, 5.41) is 19.2. The summed E-state index contributed by atoms with van der Waals surface area (Å²) in [6, 6.07) is 3.92. The highest BCUT2D eigenvalue weighted by molar-refractivity contribution is 14.0. The lowest BCUT2D eigenvalue weighted by atomic mass is 10.1. The maximum absolute atomic E-state index is 10.6. The van der Waals surface area contributed by atoms with Gasteiger partial charge >= 0.3 is 0 Å². The molecule has 0 aliphatic carbocycles. The van der Waals surface area contributed by atoms with Gasteiger partial charge in [-0.15, -0.1) is 35.3 Å². The molecule has 25 heavy (non-hydrogen) atoms. The number of hydrogen-bond donors (Lipinski definition) is 3.